The van der Waals surface area contributed by atoms with Crippen LogP contribution in [0.25, 0.3) is 0 Å². The van der Waals surface area contributed by atoms with Crippen molar-refractivity contribution >= 4 is 5.82 Å². The van der Waals surface area contributed by atoms with E-state index in [1.807, 2.05) is 6.20 Å². The Morgan fingerprint density at radius 3 is 2.94 bits per heavy atom. The standard InChI is InChI=1S/C12H20N4/c13-8-10-2-1-7-16(11-5-6-14-15-11)12(10)9-3-4-9/h5-6,9-10,12H,1-4,7-8,13H2,(H,14,15)/t10-,12-/m1/s1. The summed E-state index contributed by atoms with van der Waals surface area (Å²) in [4.78, 5) is 2.51. The second kappa shape index (κ2) is 4.09. The SMILES string of the molecule is NC[C@H]1CCCN(c2ccn[nH]2)[C@@H]1C1CC1. The second-order valence-electron chi connectivity index (χ2n) is 5.10. The number of rotatable bonds is 3. The highest BCUT2D eigenvalue weighted by Gasteiger charge is 2.41. The van der Waals surface area contributed by atoms with Crippen LogP contribution in [0.5, 0.6) is 0 Å². The molecular formula is C12H20N4. The molecule has 2 fully saturated rings. The van der Waals surface area contributed by atoms with E-state index in [4.69, 9.17) is 5.73 Å². The summed E-state index contributed by atoms with van der Waals surface area (Å²) in [5.41, 5.74) is 5.92. The minimum Gasteiger partial charge on any atom is -0.353 e. The maximum Gasteiger partial charge on any atom is 0.124 e. The van der Waals surface area contributed by atoms with Crippen LogP contribution in [0, 0.1) is 11.8 Å². The first-order valence-electron chi connectivity index (χ1n) is 6.36. The van der Waals surface area contributed by atoms with E-state index in [1.165, 1.54) is 31.5 Å². The summed E-state index contributed by atoms with van der Waals surface area (Å²) in [6.45, 7) is 1.98. The lowest BCUT2D eigenvalue weighted by atomic mass is 9.86. The second-order valence-corrected chi connectivity index (χ2v) is 5.10. The molecule has 1 aromatic rings. The molecule has 4 heteroatoms. The number of nitrogens with two attached hydrogens (primary N) is 1. The molecule has 1 aromatic heterocycles. The molecule has 2 atom stereocenters. The van der Waals surface area contributed by atoms with Gasteiger partial charge in [-0.1, -0.05) is 0 Å². The van der Waals surface area contributed by atoms with Gasteiger partial charge in [-0.05, 0) is 44.1 Å². The van der Waals surface area contributed by atoms with Crippen LogP contribution in [0.15, 0.2) is 12.3 Å². The van der Waals surface area contributed by atoms with Gasteiger partial charge < -0.3 is 10.6 Å². The van der Waals surface area contributed by atoms with Crippen molar-refractivity contribution in [2.24, 2.45) is 17.6 Å². The fourth-order valence-electron chi connectivity index (χ4n) is 3.12. The van der Waals surface area contributed by atoms with E-state index in [1.54, 1.807) is 0 Å². The molecule has 1 aliphatic carbocycles. The Morgan fingerprint density at radius 1 is 1.44 bits per heavy atom. The third-order valence-electron chi connectivity index (χ3n) is 4.02. The first-order chi connectivity index (χ1) is 7.90. The number of aromatic amines is 1. The van der Waals surface area contributed by atoms with Gasteiger partial charge in [-0.2, -0.15) is 5.10 Å². The lowest BCUT2D eigenvalue weighted by Crippen LogP contribution is -2.49. The number of nitrogens with zero attached hydrogens (tertiary/aromatic N) is 2. The van der Waals surface area contributed by atoms with Crippen LogP contribution in [0.3, 0.4) is 0 Å². The third kappa shape index (κ3) is 1.71. The highest BCUT2D eigenvalue weighted by Crippen LogP contribution is 2.42. The molecule has 0 bridgehead atoms. The molecule has 0 radical (unpaired) electrons. The number of piperidine rings is 1. The van der Waals surface area contributed by atoms with Gasteiger partial charge in [-0.25, -0.2) is 0 Å². The molecular weight excluding hydrogens is 200 g/mol. The Hall–Kier alpha value is -1.03. The Balaban J connectivity index is 1.84. The lowest BCUT2D eigenvalue weighted by Gasteiger charge is -2.42. The molecule has 0 aromatic carbocycles. The number of anilines is 1. The van der Waals surface area contributed by atoms with Gasteiger partial charge >= 0.3 is 0 Å². The summed E-state index contributed by atoms with van der Waals surface area (Å²) in [6, 6.07) is 2.73. The highest BCUT2D eigenvalue weighted by molar-refractivity contribution is 5.40. The van der Waals surface area contributed by atoms with E-state index >= 15 is 0 Å². The molecule has 4 nitrogen and oxygen atoms in total. The third-order valence-corrected chi connectivity index (χ3v) is 4.02. The quantitative estimate of drug-likeness (QED) is 0.808. The molecule has 0 unspecified atom stereocenters. The largest absolute Gasteiger partial charge is 0.353 e. The normalized spacial score (nSPS) is 30.7. The number of aromatic nitrogens is 2. The van der Waals surface area contributed by atoms with Gasteiger partial charge in [-0.3, -0.25) is 5.10 Å². The monoisotopic (exact) mass is 220 g/mol. The van der Waals surface area contributed by atoms with Crippen LogP contribution < -0.4 is 10.6 Å². The van der Waals surface area contributed by atoms with E-state index in [-0.39, 0.29) is 0 Å². The highest BCUT2D eigenvalue weighted by atomic mass is 15.3. The zero-order chi connectivity index (χ0) is 11.0. The smallest absolute Gasteiger partial charge is 0.124 e. The molecule has 3 rings (SSSR count). The van der Waals surface area contributed by atoms with E-state index in [0.29, 0.717) is 12.0 Å². The van der Waals surface area contributed by atoms with E-state index < -0.39 is 0 Å². The van der Waals surface area contributed by atoms with Crippen molar-refractivity contribution in [3.8, 4) is 0 Å². The van der Waals surface area contributed by atoms with Gasteiger partial charge in [0.05, 0.1) is 6.20 Å². The Labute approximate surface area is 96.2 Å². The van der Waals surface area contributed by atoms with Crippen molar-refractivity contribution in [1.82, 2.24) is 10.2 Å². The van der Waals surface area contributed by atoms with Gasteiger partial charge in [0.2, 0.25) is 0 Å². The topological polar surface area (TPSA) is 57.9 Å². The number of nitrogens with one attached hydrogen (secondary N) is 1. The molecule has 0 spiro atoms. The molecule has 16 heavy (non-hydrogen) atoms. The van der Waals surface area contributed by atoms with Crippen molar-refractivity contribution in [3.05, 3.63) is 12.3 Å². The van der Waals surface area contributed by atoms with Crippen LogP contribution in [0.4, 0.5) is 5.82 Å². The van der Waals surface area contributed by atoms with Gasteiger partial charge in [0, 0.05) is 18.7 Å². The maximum absolute atomic E-state index is 5.92. The molecule has 1 saturated heterocycles. The Bertz CT molecular complexity index is 331. The van der Waals surface area contributed by atoms with Gasteiger partial charge in [0.25, 0.3) is 0 Å². The van der Waals surface area contributed by atoms with Crippen molar-refractivity contribution in [3.63, 3.8) is 0 Å². The molecule has 88 valence electrons. The van der Waals surface area contributed by atoms with Crippen molar-refractivity contribution < 1.29 is 0 Å². The molecule has 1 aliphatic heterocycles. The van der Waals surface area contributed by atoms with E-state index in [0.717, 1.165) is 19.0 Å². The summed E-state index contributed by atoms with van der Waals surface area (Å²) in [6.07, 6.45) is 7.15. The summed E-state index contributed by atoms with van der Waals surface area (Å²) in [5, 5.41) is 7.16. The van der Waals surface area contributed by atoms with Gasteiger partial charge in [0.15, 0.2) is 0 Å². The fraction of sp³-hybridized carbons (Fsp3) is 0.750. The van der Waals surface area contributed by atoms with Crippen molar-refractivity contribution in [1.29, 1.82) is 0 Å². The van der Waals surface area contributed by atoms with Crippen LogP contribution in [0.1, 0.15) is 25.7 Å². The lowest BCUT2D eigenvalue weighted by molar-refractivity contribution is 0.300. The van der Waals surface area contributed by atoms with Crippen molar-refractivity contribution in [2.75, 3.05) is 18.0 Å². The molecule has 3 N–H and O–H groups in total. The van der Waals surface area contributed by atoms with E-state index in [9.17, 15) is 0 Å². The average Bonchev–Trinajstić information content (AvgIpc) is 3.02. The minimum atomic E-state index is 0.652. The fourth-order valence-corrected chi connectivity index (χ4v) is 3.12. The van der Waals surface area contributed by atoms with Crippen LogP contribution in [-0.4, -0.2) is 29.3 Å². The summed E-state index contributed by atoms with van der Waals surface area (Å²) in [7, 11) is 0. The molecule has 2 heterocycles. The predicted octanol–water partition coefficient (Wildman–Crippen LogP) is 1.36. The minimum absolute atomic E-state index is 0.652. The van der Waals surface area contributed by atoms with E-state index in [2.05, 4.69) is 21.2 Å². The number of H-pyrrole nitrogens is 1. The zero-order valence-corrected chi connectivity index (χ0v) is 9.60. The first kappa shape index (κ1) is 10.1. The van der Waals surface area contributed by atoms with Crippen LogP contribution >= 0.6 is 0 Å². The Morgan fingerprint density at radius 2 is 2.31 bits per heavy atom. The summed E-state index contributed by atoms with van der Waals surface area (Å²) in [5.74, 6) is 2.72. The first-order valence-corrected chi connectivity index (χ1v) is 6.36. The molecule has 2 aliphatic rings. The number of hydrogen-bond acceptors (Lipinski definition) is 3. The van der Waals surface area contributed by atoms with Gasteiger partial charge in [0.1, 0.15) is 5.82 Å². The maximum atomic E-state index is 5.92. The average molecular weight is 220 g/mol. The zero-order valence-electron chi connectivity index (χ0n) is 9.60. The molecule has 1 saturated carbocycles. The van der Waals surface area contributed by atoms with Crippen molar-refractivity contribution in [2.45, 2.75) is 31.7 Å². The predicted molar refractivity (Wildman–Crippen MR) is 64.2 cm³/mol. The summed E-state index contributed by atoms with van der Waals surface area (Å²) >= 11 is 0. The summed E-state index contributed by atoms with van der Waals surface area (Å²) < 4.78 is 0. The Kier molecular flexibility index (Phi) is 2.59. The number of hydrogen-bond donors (Lipinski definition) is 2. The van der Waals surface area contributed by atoms with Crippen LogP contribution in [-0.2, 0) is 0 Å². The van der Waals surface area contributed by atoms with Crippen LogP contribution in [0.2, 0.25) is 0 Å². The van der Waals surface area contributed by atoms with Gasteiger partial charge in [-0.15, -0.1) is 0 Å². The molecule has 0 amide bonds.